The van der Waals surface area contributed by atoms with E-state index in [2.05, 4.69) is 0 Å². The molecule has 0 aromatic rings. The van der Waals surface area contributed by atoms with Crippen molar-refractivity contribution < 1.29 is 28.6 Å². The van der Waals surface area contributed by atoms with Gasteiger partial charge in [0.25, 0.3) is 0 Å². The first kappa shape index (κ1) is 15.7. The van der Waals surface area contributed by atoms with Crippen molar-refractivity contribution in [3.05, 3.63) is 11.6 Å². The second-order valence-electron chi connectivity index (χ2n) is 5.29. The van der Waals surface area contributed by atoms with Gasteiger partial charge in [-0.15, -0.1) is 0 Å². The van der Waals surface area contributed by atoms with E-state index in [-0.39, 0.29) is 37.8 Å². The Balaban J connectivity index is 2.32. The normalized spacial score (nSPS) is 26.2. The van der Waals surface area contributed by atoms with Crippen molar-refractivity contribution >= 4 is 17.7 Å². The first-order valence-corrected chi connectivity index (χ1v) is 7.11. The quantitative estimate of drug-likeness (QED) is 0.557. The van der Waals surface area contributed by atoms with E-state index in [0.29, 0.717) is 0 Å². The van der Waals surface area contributed by atoms with E-state index in [1.165, 1.54) is 13.2 Å². The zero-order valence-corrected chi connectivity index (χ0v) is 12.5. The molecule has 0 heterocycles. The number of fused-ring (bicyclic) bond motifs is 1. The largest absolute Gasteiger partial charge is 0.465 e. The number of carbonyl (C=O) groups is 3. The van der Waals surface area contributed by atoms with Gasteiger partial charge in [0, 0.05) is 13.0 Å². The summed E-state index contributed by atoms with van der Waals surface area (Å²) in [6.07, 6.45) is 1.23. The predicted octanol–water partition coefficient (Wildman–Crippen LogP) is 1.03. The molecule has 0 radical (unpaired) electrons. The third kappa shape index (κ3) is 2.48. The van der Waals surface area contributed by atoms with Gasteiger partial charge in [0.05, 0.1) is 13.2 Å². The molecule has 0 spiro atoms. The van der Waals surface area contributed by atoms with Crippen LogP contribution in [0.2, 0.25) is 0 Å². The molecular formula is C15H20O6. The molecule has 0 aromatic carbocycles. The molecular weight excluding hydrogens is 276 g/mol. The van der Waals surface area contributed by atoms with Gasteiger partial charge >= 0.3 is 11.9 Å². The number of rotatable bonds is 5. The van der Waals surface area contributed by atoms with Crippen molar-refractivity contribution in [2.75, 3.05) is 20.3 Å². The summed E-state index contributed by atoms with van der Waals surface area (Å²) in [5, 5.41) is 0. The fourth-order valence-electron chi connectivity index (χ4n) is 3.19. The Labute approximate surface area is 123 Å². The highest BCUT2D eigenvalue weighted by molar-refractivity contribution is 6.04. The summed E-state index contributed by atoms with van der Waals surface area (Å²) in [6.45, 7) is 3.76. The van der Waals surface area contributed by atoms with Crippen molar-refractivity contribution in [1.29, 1.82) is 0 Å². The number of hydrogen-bond donors (Lipinski definition) is 0. The van der Waals surface area contributed by atoms with E-state index >= 15 is 0 Å². The molecule has 0 bridgehead atoms. The Hall–Kier alpha value is -1.69. The molecule has 2 rings (SSSR count). The van der Waals surface area contributed by atoms with Crippen molar-refractivity contribution in [1.82, 2.24) is 0 Å². The minimum atomic E-state index is -1.35. The van der Waals surface area contributed by atoms with Crippen LogP contribution in [0.1, 0.15) is 26.7 Å². The van der Waals surface area contributed by atoms with Gasteiger partial charge in [0.1, 0.15) is 6.10 Å². The summed E-state index contributed by atoms with van der Waals surface area (Å²) < 4.78 is 15.3. The molecule has 2 atom stereocenters. The zero-order valence-electron chi connectivity index (χ0n) is 12.5. The Morgan fingerprint density at radius 3 is 2.29 bits per heavy atom. The molecule has 0 saturated heterocycles. The van der Waals surface area contributed by atoms with E-state index in [9.17, 15) is 14.4 Å². The van der Waals surface area contributed by atoms with E-state index < -0.39 is 23.5 Å². The van der Waals surface area contributed by atoms with Crippen LogP contribution in [-0.4, -0.2) is 44.1 Å². The molecule has 0 unspecified atom stereocenters. The molecule has 1 fully saturated rings. The van der Waals surface area contributed by atoms with Crippen LogP contribution >= 0.6 is 0 Å². The maximum absolute atomic E-state index is 12.3. The number of hydrogen-bond acceptors (Lipinski definition) is 6. The van der Waals surface area contributed by atoms with Crippen LogP contribution < -0.4 is 0 Å². The standard InChI is InChI=1S/C15H20O6/c1-4-20-13(17)15(14(18)21-5-2)7-9-6-11(16)12(19-3)10(9)8-15/h6,10,12H,4-5,7-8H2,1-3H3/t10-,12+/m0/s1. The summed E-state index contributed by atoms with van der Waals surface area (Å²) in [4.78, 5) is 36.4. The van der Waals surface area contributed by atoms with Crippen LogP contribution in [0.15, 0.2) is 11.6 Å². The van der Waals surface area contributed by atoms with Crippen molar-refractivity contribution in [3.63, 3.8) is 0 Å². The topological polar surface area (TPSA) is 78.9 Å². The first-order valence-electron chi connectivity index (χ1n) is 7.11. The van der Waals surface area contributed by atoms with Gasteiger partial charge < -0.3 is 14.2 Å². The smallest absolute Gasteiger partial charge is 0.323 e. The second-order valence-corrected chi connectivity index (χ2v) is 5.29. The van der Waals surface area contributed by atoms with Gasteiger partial charge in [-0.1, -0.05) is 5.57 Å². The number of esters is 2. The second kappa shape index (κ2) is 5.97. The monoisotopic (exact) mass is 296 g/mol. The van der Waals surface area contributed by atoms with E-state index in [1.807, 2.05) is 0 Å². The molecule has 21 heavy (non-hydrogen) atoms. The molecule has 1 saturated carbocycles. The minimum Gasteiger partial charge on any atom is -0.465 e. The third-order valence-corrected chi connectivity index (χ3v) is 4.11. The molecule has 0 aliphatic heterocycles. The summed E-state index contributed by atoms with van der Waals surface area (Å²) in [5.41, 5.74) is -0.576. The summed E-state index contributed by atoms with van der Waals surface area (Å²) in [6, 6.07) is 0. The Kier molecular flexibility index (Phi) is 4.46. The maximum Gasteiger partial charge on any atom is 0.323 e. The van der Waals surface area contributed by atoms with Crippen LogP contribution in [0, 0.1) is 11.3 Å². The van der Waals surface area contributed by atoms with Gasteiger partial charge in [-0.3, -0.25) is 14.4 Å². The van der Waals surface area contributed by atoms with Crippen LogP contribution in [0.3, 0.4) is 0 Å². The lowest BCUT2D eigenvalue weighted by Gasteiger charge is -2.25. The van der Waals surface area contributed by atoms with Gasteiger partial charge in [-0.2, -0.15) is 0 Å². The number of carbonyl (C=O) groups excluding carboxylic acids is 3. The molecule has 116 valence electrons. The van der Waals surface area contributed by atoms with Gasteiger partial charge in [0.15, 0.2) is 11.2 Å². The Morgan fingerprint density at radius 1 is 1.24 bits per heavy atom. The lowest BCUT2D eigenvalue weighted by Crippen LogP contribution is -2.41. The summed E-state index contributed by atoms with van der Waals surface area (Å²) >= 11 is 0. The number of methoxy groups -OCH3 is 1. The molecule has 0 amide bonds. The van der Waals surface area contributed by atoms with Crippen LogP contribution in [0.4, 0.5) is 0 Å². The lowest BCUT2D eigenvalue weighted by atomic mass is 9.83. The molecule has 6 nitrogen and oxygen atoms in total. The lowest BCUT2D eigenvalue weighted by molar-refractivity contribution is -0.172. The van der Waals surface area contributed by atoms with Crippen LogP contribution in [-0.2, 0) is 28.6 Å². The molecule has 2 aliphatic rings. The highest BCUT2D eigenvalue weighted by Crippen LogP contribution is 2.51. The van der Waals surface area contributed by atoms with Gasteiger partial charge in [-0.05, 0) is 32.8 Å². The van der Waals surface area contributed by atoms with Gasteiger partial charge in [0.2, 0.25) is 0 Å². The predicted molar refractivity (Wildman–Crippen MR) is 72.3 cm³/mol. The van der Waals surface area contributed by atoms with Crippen molar-refractivity contribution in [3.8, 4) is 0 Å². The average Bonchev–Trinajstić information content (AvgIpc) is 2.93. The Morgan fingerprint density at radius 2 is 1.81 bits per heavy atom. The molecule has 2 aliphatic carbocycles. The fourth-order valence-corrected chi connectivity index (χ4v) is 3.19. The molecule has 0 aromatic heterocycles. The number of ketones is 1. The van der Waals surface area contributed by atoms with Crippen molar-refractivity contribution in [2.45, 2.75) is 32.8 Å². The van der Waals surface area contributed by atoms with Crippen LogP contribution in [0.5, 0.6) is 0 Å². The van der Waals surface area contributed by atoms with Crippen LogP contribution in [0.25, 0.3) is 0 Å². The number of ether oxygens (including phenoxy) is 3. The fraction of sp³-hybridized carbons (Fsp3) is 0.667. The Bertz CT molecular complexity index is 474. The van der Waals surface area contributed by atoms with Gasteiger partial charge in [-0.25, -0.2) is 0 Å². The minimum absolute atomic E-state index is 0.112. The third-order valence-electron chi connectivity index (χ3n) is 4.11. The summed E-state index contributed by atoms with van der Waals surface area (Å²) in [5.74, 6) is -1.53. The molecule has 6 heteroatoms. The maximum atomic E-state index is 12.3. The van der Waals surface area contributed by atoms with E-state index in [1.54, 1.807) is 13.8 Å². The highest BCUT2D eigenvalue weighted by atomic mass is 16.6. The molecule has 0 N–H and O–H groups in total. The first-order chi connectivity index (χ1) is 10.00. The zero-order chi connectivity index (χ0) is 15.6. The van der Waals surface area contributed by atoms with E-state index in [4.69, 9.17) is 14.2 Å². The van der Waals surface area contributed by atoms with E-state index in [0.717, 1.165) is 5.57 Å². The summed E-state index contributed by atoms with van der Waals surface area (Å²) in [7, 11) is 1.45. The highest BCUT2D eigenvalue weighted by Gasteiger charge is 2.59. The average molecular weight is 296 g/mol. The SMILES string of the molecule is CCOC(=O)C1(C(=O)OCC)CC2=CC(=O)[C@H](OC)[C@H]2C1. The van der Waals surface area contributed by atoms with Crippen molar-refractivity contribution in [2.24, 2.45) is 11.3 Å².